The maximum atomic E-state index is 12.1. The highest BCUT2D eigenvalue weighted by Crippen LogP contribution is 2.16. The van der Waals surface area contributed by atoms with E-state index < -0.39 is 0 Å². The molecule has 0 spiro atoms. The zero-order valence-corrected chi connectivity index (χ0v) is 13.7. The SMILES string of the molecule is NCc1ccc(Cl)cc1CNC(=O)Cc1c(Cl)ccc(N)[n+]1O. The number of rotatable bonds is 5. The number of benzene rings is 1. The molecular formula is C15H17Cl2N4O2+. The molecule has 0 unspecified atom stereocenters. The van der Waals surface area contributed by atoms with E-state index in [9.17, 15) is 10.0 Å². The first-order chi connectivity index (χ1) is 10.9. The van der Waals surface area contributed by atoms with E-state index in [2.05, 4.69) is 5.32 Å². The molecule has 1 amide bonds. The minimum absolute atomic E-state index is 0.0949. The largest absolute Gasteiger partial charge is 0.352 e. The quantitative estimate of drug-likeness (QED) is 0.480. The van der Waals surface area contributed by atoms with Gasteiger partial charge < -0.3 is 16.3 Å². The van der Waals surface area contributed by atoms with Crippen LogP contribution in [0.3, 0.4) is 0 Å². The lowest BCUT2D eigenvalue weighted by atomic mass is 10.1. The van der Waals surface area contributed by atoms with Gasteiger partial charge in [0.2, 0.25) is 5.91 Å². The molecule has 0 aliphatic rings. The molecular weight excluding hydrogens is 339 g/mol. The molecule has 1 heterocycles. The number of carbonyl (C=O) groups is 1. The smallest absolute Gasteiger partial charge is 0.312 e. The molecule has 0 fully saturated rings. The van der Waals surface area contributed by atoms with Gasteiger partial charge in [0, 0.05) is 24.2 Å². The summed E-state index contributed by atoms with van der Waals surface area (Å²) in [4.78, 5) is 12.1. The monoisotopic (exact) mass is 355 g/mol. The Hall–Kier alpha value is -2.02. The third-order valence-corrected chi connectivity index (χ3v) is 3.95. The number of nitrogen functional groups attached to an aromatic ring is 1. The highest BCUT2D eigenvalue weighted by atomic mass is 35.5. The average Bonchev–Trinajstić information content (AvgIpc) is 2.53. The number of nitrogens with zero attached hydrogens (tertiary/aromatic N) is 1. The summed E-state index contributed by atoms with van der Waals surface area (Å²) in [5.74, 6) is -0.222. The summed E-state index contributed by atoms with van der Waals surface area (Å²) in [6.45, 7) is 0.622. The third kappa shape index (κ3) is 4.25. The molecule has 0 radical (unpaired) electrons. The van der Waals surface area contributed by atoms with E-state index in [4.69, 9.17) is 34.7 Å². The van der Waals surface area contributed by atoms with Crippen LogP contribution in [-0.4, -0.2) is 11.1 Å². The van der Waals surface area contributed by atoms with Gasteiger partial charge in [-0.15, -0.1) is 0 Å². The van der Waals surface area contributed by atoms with Crippen LogP contribution in [0.15, 0.2) is 30.3 Å². The van der Waals surface area contributed by atoms with Crippen LogP contribution in [-0.2, 0) is 24.3 Å². The second kappa shape index (κ2) is 7.50. The van der Waals surface area contributed by atoms with Crippen LogP contribution < -0.4 is 21.5 Å². The first kappa shape index (κ1) is 17.3. The maximum Gasteiger partial charge on any atom is 0.312 e. The molecule has 8 heteroatoms. The summed E-state index contributed by atoms with van der Waals surface area (Å²) in [6, 6.07) is 8.29. The van der Waals surface area contributed by atoms with Gasteiger partial charge in [-0.3, -0.25) is 10.5 Å². The Labute approximate surface area is 143 Å². The van der Waals surface area contributed by atoms with E-state index in [-0.39, 0.29) is 35.4 Å². The van der Waals surface area contributed by atoms with Crippen molar-refractivity contribution >= 4 is 34.9 Å². The van der Waals surface area contributed by atoms with Crippen LogP contribution in [0.2, 0.25) is 10.0 Å². The van der Waals surface area contributed by atoms with Crippen LogP contribution in [0.25, 0.3) is 0 Å². The molecule has 23 heavy (non-hydrogen) atoms. The number of hydrogen-bond donors (Lipinski definition) is 4. The van der Waals surface area contributed by atoms with Gasteiger partial charge in [0.15, 0.2) is 5.69 Å². The van der Waals surface area contributed by atoms with Crippen molar-refractivity contribution in [3.8, 4) is 0 Å². The van der Waals surface area contributed by atoms with Crippen LogP contribution in [0.4, 0.5) is 5.82 Å². The molecule has 122 valence electrons. The summed E-state index contributed by atoms with van der Waals surface area (Å²) in [7, 11) is 0. The fourth-order valence-electron chi connectivity index (χ4n) is 2.11. The Bertz CT molecular complexity index is 738. The Kier molecular flexibility index (Phi) is 5.65. The number of anilines is 1. The summed E-state index contributed by atoms with van der Waals surface area (Å²) < 4.78 is 0.701. The number of amides is 1. The molecule has 0 aliphatic heterocycles. The van der Waals surface area contributed by atoms with E-state index in [0.29, 0.717) is 16.3 Å². The van der Waals surface area contributed by atoms with Crippen molar-refractivity contribution in [1.82, 2.24) is 5.32 Å². The van der Waals surface area contributed by atoms with Crippen LogP contribution >= 0.6 is 23.2 Å². The molecule has 0 bridgehead atoms. The summed E-state index contributed by atoms with van der Waals surface area (Å²) >= 11 is 11.9. The van der Waals surface area contributed by atoms with Gasteiger partial charge >= 0.3 is 5.82 Å². The normalized spacial score (nSPS) is 10.6. The number of nitrogens with two attached hydrogens (primary N) is 2. The molecule has 0 atom stereocenters. The Balaban J connectivity index is 2.07. The van der Waals surface area contributed by atoms with Crippen molar-refractivity contribution in [1.29, 1.82) is 0 Å². The van der Waals surface area contributed by atoms with Crippen LogP contribution in [0.1, 0.15) is 16.8 Å². The second-order valence-electron chi connectivity index (χ2n) is 4.94. The first-order valence-electron chi connectivity index (χ1n) is 6.84. The molecule has 6 nitrogen and oxygen atoms in total. The minimum atomic E-state index is -0.316. The van der Waals surface area contributed by atoms with Gasteiger partial charge in [-0.25, -0.2) is 0 Å². The third-order valence-electron chi connectivity index (χ3n) is 3.37. The van der Waals surface area contributed by atoms with Crippen LogP contribution in [0, 0.1) is 0 Å². The highest BCUT2D eigenvalue weighted by molar-refractivity contribution is 6.31. The van der Waals surface area contributed by atoms with Gasteiger partial charge in [-0.1, -0.05) is 29.3 Å². The Morgan fingerprint density at radius 2 is 1.96 bits per heavy atom. The predicted octanol–water partition coefficient (Wildman–Crippen LogP) is 1.42. The van der Waals surface area contributed by atoms with Crippen molar-refractivity contribution in [2.45, 2.75) is 19.5 Å². The minimum Gasteiger partial charge on any atom is -0.352 e. The van der Waals surface area contributed by atoms with Crippen molar-refractivity contribution < 1.29 is 14.7 Å². The first-order valence-corrected chi connectivity index (χ1v) is 7.60. The summed E-state index contributed by atoms with van der Waals surface area (Å²) in [6.07, 6.45) is -0.112. The molecule has 0 saturated carbocycles. The predicted molar refractivity (Wildman–Crippen MR) is 88.1 cm³/mol. The lowest BCUT2D eigenvalue weighted by molar-refractivity contribution is -0.897. The van der Waals surface area contributed by atoms with Gasteiger partial charge in [0.25, 0.3) is 0 Å². The number of nitrogens with one attached hydrogen (secondary N) is 1. The highest BCUT2D eigenvalue weighted by Gasteiger charge is 2.18. The molecule has 0 aliphatic carbocycles. The average molecular weight is 356 g/mol. The zero-order chi connectivity index (χ0) is 17.0. The fraction of sp³-hybridized carbons (Fsp3) is 0.200. The molecule has 6 N–H and O–H groups in total. The molecule has 1 aromatic heterocycles. The lowest BCUT2D eigenvalue weighted by Gasteiger charge is -2.10. The topological polar surface area (TPSA) is 105 Å². The molecule has 0 saturated heterocycles. The maximum absolute atomic E-state index is 12.1. The Morgan fingerprint density at radius 3 is 2.65 bits per heavy atom. The molecule has 2 rings (SSSR count). The summed E-state index contributed by atoms with van der Waals surface area (Å²) in [5.41, 5.74) is 13.2. The second-order valence-corrected chi connectivity index (χ2v) is 5.78. The van der Waals surface area contributed by atoms with Gasteiger partial charge in [0.05, 0.1) is 11.4 Å². The van der Waals surface area contributed by atoms with E-state index in [1.165, 1.54) is 12.1 Å². The number of carbonyl (C=O) groups excluding carboxylic acids is 1. The van der Waals surface area contributed by atoms with Crippen molar-refractivity contribution in [3.05, 3.63) is 57.2 Å². The number of aromatic nitrogens is 1. The zero-order valence-electron chi connectivity index (χ0n) is 12.2. The van der Waals surface area contributed by atoms with Gasteiger partial charge in [-0.2, -0.15) is 0 Å². The number of halogens is 2. The van der Waals surface area contributed by atoms with E-state index in [0.717, 1.165) is 11.1 Å². The molecule has 1 aromatic carbocycles. The van der Waals surface area contributed by atoms with Crippen molar-refractivity contribution in [2.24, 2.45) is 5.73 Å². The van der Waals surface area contributed by atoms with Crippen LogP contribution in [0.5, 0.6) is 0 Å². The number of hydrogen-bond acceptors (Lipinski definition) is 4. The summed E-state index contributed by atoms with van der Waals surface area (Å²) in [5, 5.41) is 13.4. The van der Waals surface area contributed by atoms with Gasteiger partial charge in [0.1, 0.15) is 0 Å². The molecule has 2 aromatic rings. The standard InChI is InChI=1S/C15H16Cl2N4O2/c16-11-2-1-9(7-18)10(5-11)8-20-15(22)6-13-12(17)3-4-14(19)21(13)23/h1-5,19,23H,6-8,18H2,(H,20,22)/p+1. The van der Waals surface area contributed by atoms with E-state index >= 15 is 0 Å². The van der Waals surface area contributed by atoms with Gasteiger partial charge in [-0.05, 0) is 34.1 Å². The van der Waals surface area contributed by atoms with Crippen molar-refractivity contribution in [2.75, 3.05) is 5.73 Å². The lowest BCUT2D eigenvalue weighted by Crippen LogP contribution is -2.41. The Morgan fingerprint density at radius 1 is 1.22 bits per heavy atom. The van der Waals surface area contributed by atoms with E-state index in [1.54, 1.807) is 12.1 Å². The van der Waals surface area contributed by atoms with Crippen molar-refractivity contribution in [3.63, 3.8) is 0 Å². The van der Waals surface area contributed by atoms with E-state index in [1.807, 2.05) is 6.07 Å². The fourth-order valence-corrected chi connectivity index (χ4v) is 2.51. The number of pyridine rings is 1.